The Balaban J connectivity index is 0.00000200. The third-order valence-corrected chi connectivity index (χ3v) is 4.56. The fourth-order valence-electron chi connectivity index (χ4n) is 2.24. The van der Waals surface area contributed by atoms with Crippen LogP contribution >= 0.6 is 24.2 Å². The molecule has 20 heavy (non-hydrogen) atoms. The summed E-state index contributed by atoms with van der Waals surface area (Å²) in [4.78, 5) is 13.1. The molecule has 2 N–H and O–H groups in total. The van der Waals surface area contributed by atoms with E-state index in [0.29, 0.717) is 11.8 Å². The molecule has 1 aliphatic heterocycles. The number of rotatable bonds is 4. The van der Waals surface area contributed by atoms with E-state index < -0.39 is 0 Å². The number of nitrogens with one attached hydrogen (secondary N) is 2. The molecule has 1 aliphatic rings. The second-order valence-corrected chi connectivity index (χ2v) is 6.17. The number of halogens is 1. The number of aryl methyl sites for hydroxylation is 2. The Labute approximate surface area is 131 Å². The minimum absolute atomic E-state index is 0. The molecule has 3 nitrogen and oxygen atoms in total. The van der Waals surface area contributed by atoms with Crippen LogP contribution in [0, 0.1) is 13.8 Å². The molecule has 1 aromatic rings. The average molecular weight is 315 g/mol. The van der Waals surface area contributed by atoms with Crippen molar-refractivity contribution in [3.63, 3.8) is 0 Å². The summed E-state index contributed by atoms with van der Waals surface area (Å²) in [5.74, 6) is 0.659. The van der Waals surface area contributed by atoms with Gasteiger partial charge in [0, 0.05) is 10.9 Å². The van der Waals surface area contributed by atoms with Gasteiger partial charge < -0.3 is 10.6 Å². The van der Waals surface area contributed by atoms with Crippen LogP contribution in [0.15, 0.2) is 23.1 Å². The molecule has 0 spiro atoms. The van der Waals surface area contributed by atoms with Crippen molar-refractivity contribution in [2.45, 2.75) is 37.6 Å². The number of piperidine rings is 1. The average Bonchev–Trinajstić information content (AvgIpc) is 2.41. The first kappa shape index (κ1) is 17.3. The number of hydrogen-bond donors (Lipinski definition) is 2. The predicted octanol–water partition coefficient (Wildman–Crippen LogP) is 2.69. The van der Waals surface area contributed by atoms with E-state index in [1.807, 2.05) is 0 Å². The van der Waals surface area contributed by atoms with E-state index in [9.17, 15) is 4.79 Å². The number of thioether (sulfide) groups is 1. The lowest BCUT2D eigenvalue weighted by Crippen LogP contribution is -2.43. The fourth-order valence-corrected chi connectivity index (χ4v) is 3.18. The molecule has 1 heterocycles. The summed E-state index contributed by atoms with van der Waals surface area (Å²) in [6.45, 7) is 6.19. The highest BCUT2D eigenvalue weighted by Gasteiger charge is 2.15. The fraction of sp³-hybridized carbons (Fsp3) is 0.533. The molecular formula is C15H23ClN2OS. The Morgan fingerprint density at radius 3 is 2.75 bits per heavy atom. The van der Waals surface area contributed by atoms with Gasteiger partial charge in [0.25, 0.3) is 0 Å². The minimum atomic E-state index is 0. The van der Waals surface area contributed by atoms with Gasteiger partial charge in [0.05, 0.1) is 5.75 Å². The van der Waals surface area contributed by atoms with E-state index in [1.54, 1.807) is 11.8 Å². The number of benzene rings is 1. The van der Waals surface area contributed by atoms with Crippen molar-refractivity contribution in [1.82, 2.24) is 10.6 Å². The van der Waals surface area contributed by atoms with E-state index in [1.165, 1.54) is 16.0 Å². The Kier molecular flexibility index (Phi) is 7.41. The van der Waals surface area contributed by atoms with E-state index in [-0.39, 0.29) is 18.3 Å². The van der Waals surface area contributed by atoms with Gasteiger partial charge in [0.2, 0.25) is 5.91 Å². The number of carbonyl (C=O) groups excluding carboxylic acids is 1. The summed E-state index contributed by atoms with van der Waals surface area (Å²) in [6, 6.07) is 6.72. The molecule has 2 rings (SSSR count). The van der Waals surface area contributed by atoms with E-state index in [2.05, 4.69) is 42.7 Å². The standard InChI is InChI=1S/C15H22N2OS.ClH/c1-11-3-4-12(2)14(9-11)19-10-15(18)17-13-5-7-16-8-6-13;/h3-4,9,13,16H,5-8,10H2,1-2H3,(H,17,18);1H. The van der Waals surface area contributed by atoms with Gasteiger partial charge in [-0.15, -0.1) is 24.2 Å². The zero-order valence-electron chi connectivity index (χ0n) is 12.1. The SMILES string of the molecule is Cc1ccc(C)c(SCC(=O)NC2CCNCC2)c1.Cl. The van der Waals surface area contributed by atoms with Gasteiger partial charge in [0.1, 0.15) is 0 Å². The summed E-state index contributed by atoms with van der Waals surface area (Å²) >= 11 is 1.63. The first-order valence-corrected chi connectivity index (χ1v) is 7.84. The van der Waals surface area contributed by atoms with Gasteiger partial charge in [-0.25, -0.2) is 0 Å². The predicted molar refractivity (Wildman–Crippen MR) is 87.9 cm³/mol. The first-order valence-electron chi connectivity index (χ1n) is 6.85. The third kappa shape index (κ3) is 5.35. The van der Waals surface area contributed by atoms with Gasteiger partial charge in [0.15, 0.2) is 0 Å². The van der Waals surface area contributed by atoms with Crippen LogP contribution in [0.1, 0.15) is 24.0 Å². The zero-order chi connectivity index (χ0) is 13.7. The monoisotopic (exact) mass is 314 g/mol. The molecule has 0 bridgehead atoms. The lowest BCUT2D eigenvalue weighted by Gasteiger charge is -2.23. The highest BCUT2D eigenvalue weighted by atomic mass is 35.5. The van der Waals surface area contributed by atoms with Crippen molar-refractivity contribution in [3.8, 4) is 0 Å². The molecular weight excluding hydrogens is 292 g/mol. The maximum atomic E-state index is 11.9. The molecule has 1 saturated heterocycles. The molecule has 0 unspecified atom stereocenters. The van der Waals surface area contributed by atoms with Crippen LogP contribution in [0.3, 0.4) is 0 Å². The van der Waals surface area contributed by atoms with Crippen LogP contribution in [-0.2, 0) is 4.79 Å². The van der Waals surface area contributed by atoms with Gasteiger partial charge in [-0.2, -0.15) is 0 Å². The number of hydrogen-bond acceptors (Lipinski definition) is 3. The largest absolute Gasteiger partial charge is 0.353 e. The second-order valence-electron chi connectivity index (χ2n) is 5.15. The summed E-state index contributed by atoms with van der Waals surface area (Å²) in [6.07, 6.45) is 2.08. The maximum absolute atomic E-state index is 11.9. The van der Waals surface area contributed by atoms with Crippen LogP contribution in [0.4, 0.5) is 0 Å². The number of amides is 1. The summed E-state index contributed by atoms with van der Waals surface area (Å²) in [7, 11) is 0. The Morgan fingerprint density at radius 2 is 2.05 bits per heavy atom. The van der Waals surface area contributed by atoms with Crippen molar-refractivity contribution in [1.29, 1.82) is 0 Å². The van der Waals surface area contributed by atoms with Crippen LogP contribution in [0.25, 0.3) is 0 Å². The van der Waals surface area contributed by atoms with E-state index in [4.69, 9.17) is 0 Å². The Morgan fingerprint density at radius 1 is 1.35 bits per heavy atom. The lowest BCUT2D eigenvalue weighted by atomic mass is 10.1. The van der Waals surface area contributed by atoms with Gasteiger partial charge in [-0.05, 0) is 51.4 Å². The maximum Gasteiger partial charge on any atom is 0.230 e. The molecule has 1 aromatic carbocycles. The van der Waals surface area contributed by atoms with Crippen LogP contribution in [0.5, 0.6) is 0 Å². The Bertz CT molecular complexity index is 447. The van der Waals surface area contributed by atoms with Crippen molar-refractivity contribution < 1.29 is 4.79 Å². The first-order chi connectivity index (χ1) is 9.15. The van der Waals surface area contributed by atoms with Crippen molar-refractivity contribution >= 4 is 30.1 Å². The lowest BCUT2D eigenvalue weighted by molar-refractivity contribution is -0.119. The Hall–Kier alpha value is -0.710. The molecule has 0 saturated carbocycles. The van der Waals surface area contributed by atoms with Gasteiger partial charge >= 0.3 is 0 Å². The van der Waals surface area contributed by atoms with E-state index in [0.717, 1.165) is 25.9 Å². The van der Waals surface area contributed by atoms with Crippen LogP contribution in [-0.4, -0.2) is 30.8 Å². The topological polar surface area (TPSA) is 41.1 Å². The van der Waals surface area contributed by atoms with Gasteiger partial charge in [-0.3, -0.25) is 4.79 Å². The quantitative estimate of drug-likeness (QED) is 0.840. The minimum Gasteiger partial charge on any atom is -0.353 e. The molecule has 0 radical (unpaired) electrons. The molecule has 1 fully saturated rings. The highest BCUT2D eigenvalue weighted by molar-refractivity contribution is 8.00. The summed E-state index contributed by atoms with van der Waals surface area (Å²) in [5, 5.41) is 6.43. The zero-order valence-corrected chi connectivity index (χ0v) is 13.7. The number of carbonyl (C=O) groups is 1. The third-order valence-electron chi connectivity index (χ3n) is 3.41. The molecule has 0 aliphatic carbocycles. The second kappa shape index (κ2) is 8.55. The van der Waals surface area contributed by atoms with E-state index >= 15 is 0 Å². The van der Waals surface area contributed by atoms with Crippen molar-refractivity contribution in [2.24, 2.45) is 0 Å². The molecule has 0 aromatic heterocycles. The van der Waals surface area contributed by atoms with Gasteiger partial charge in [-0.1, -0.05) is 17.7 Å². The normalized spacial score (nSPS) is 15.5. The molecule has 5 heteroatoms. The molecule has 0 atom stereocenters. The van der Waals surface area contributed by atoms with Crippen LogP contribution < -0.4 is 10.6 Å². The van der Waals surface area contributed by atoms with Crippen molar-refractivity contribution in [2.75, 3.05) is 18.8 Å². The summed E-state index contributed by atoms with van der Waals surface area (Å²) in [5.41, 5.74) is 2.48. The smallest absolute Gasteiger partial charge is 0.230 e. The molecule has 112 valence electrons. The van der Waals surface area contributed by atoms with Crippen molar-refractivity contribution in [3.05, 3.63) is 29.3 Å². The highest BCUT2D eigenvalue weighted by Crippen LogP contribution is 2.23. The summed E-state index contributed by atoms with van der Waals surface area (Å²) < 4.78 is 0. The van der Waals surface area contributed by atoms with Crippen LogP contribution in [0.2, 0.25) is 0 Å². The molecule has 1 amide bonds.